The van der Waals surface area contributed by atoms with E-state index in [1.54, 1.807) is 0 Å². The van der Waals surface area contributed by atoms with E-state index in [0.29, 0.717) is 24.3 Å². The van der Waals surface area contributed by atoms with Gasteiger partial charge in [-0.2, -0.15) is 0 Å². The molecule has 1 amide bonds. The second-order valence-corrected chi connectivity index (χ2v) is 6.23. The lowest BCUT2D eigenvalue weighted by molar-refractivity contribution is -0.134. The van der Waals surface area contributed by atoms with Gasteiger partial charge in [0.2, 0.25) is 5.91 Å². The van der Waals surface area contributed by atoms with Crippen LogP contribution in [0.4, 0.5) is 13.2 Å². The lowest BCUT2D eigenvalue weighted by atomic mass is 9.99. The second-order valence-electron chi connectivity index (χ2n) is 5.82. The molecule has 2 aromatic carbocycles. The molecule has 136 valence electrons. The molecule has 0 saturated heterocycles. The van der Waals surface area contributed by atoms with E-state index in [-0.39, 0.29) is 16.5 Å². The summed E-state index contributed by atoms with van der Waals surface area (Å²) >= 11 is 5.19. The summed E-state index contributed by atoms with van der Waals surface area (Å²) in [5, 5.41) is 1.23. The number of hydrogen-bond donors (Lipinski definition) is 1. The van der Waals surface area contributed by atoms with Gasteiger partial charge in [0, 0.05) is 30.5 Å². The van der Waals surface area contributed by atoms with Crippen molar-refractivity contribution >= 4 is 23.1 Å². The van der Waals surface area contributed by atoms with Gasteiger partial charge < -0.3 is 4.74 Å². The molecule has 0 radical (unpaired) electrons. The molecule has 0 spiro atoms. The maximum absolute atomic E-state index is 13.7. The predicted octanol–water partition coefficient (Wildman–Crippen LogP) is 3.66. The van der Waals surface area contributed by atoms with Crippen molar-refractivity contribution in [3.63, 3.8) is 0 Å². The second kappa shape index (κ2) is 7.33. The van der Waals surface area contributed by atoms with E-state index in [9.17, 15) is 18.0 Å². The fourth-order valence-corrected chi connectivity index (χ4v) is 3.07. The Hall–Kier alpha value is -2.61. The maximum Gasteiger partial charge on any atom is 0.238 e. The molecule has 0 aromatic heterocycles. The van der Waals surface area contributed by atoms with Crippen LogP contribution in [0.2, 0.25) is 0 Å². The van der Waals surface area contributed by atoms with E-state index in [1.165, 1.54) is 30.1 Å². The van der Waals surface area contributed by atoms with Crippen LogP contribution in [-0.2, 0) is 4.79 Å². The Bertz CT molecular complexity index is 855. The Morgan fingerprint density at radius 3 is 2.50 bits per heavy atom. The topological polar surface area (TPSA) is 41.6 Å². The Morgan fingerprint density at radius 2 is 1.85 bits per heavy atom. The molecule has 0 fully saturated rings. The molecule has 2 aromatic rings. The van der Waals surface area contributed by atoms with Crippen molar-refractivity contribution in [3.8, 4) is 5.75 Å². The average molecular weight is 380 g/mol. The summed E-state index contributed by atoms with van der Waals surface area (Å²) in [4.78, 5) is 12.1. The standard InChI is InChI=1S/C18H15F3N2O2S/c1-10(24)23(22-18(26)11-6-13(20)8-14(21)7-11)16-4-5-25-17-3-2-12(19)9-15(16)17/h2-3,6-9,16H,4-5H2,1H3,(H,22,26). The largest absolute Gasteiger partial charge is 0.493 e. The lowest BCUT2D eigenvalue weighted by Crippen LogP contribution is -2.48. The smallest absolute Gasteiger partial charge is 0.238 e. The van der Waals surface area contributed by atoms with Crippen LogP contribution in [0.1, 0.15) is 30.5 Å². The van der Waals surface area contributed by atoms with Crippen LogP contribution < -0.4 is 10.2 Å². The van der Waals surface area contributed by atoms with Crippen molar-refractivity contribution in [2.75, 3.05) is 6.61 Å². The van der Waals surface area contributed by atoms with Crippen molar-refractivity contribution in [2.45, 2.75) is 19.4 Å². The Kier molecular flexibility index (Phi) is 5.13. The van der Waals surface area contributed by atoms with Gasteiger partial charge in [-0.1, -0.05) is 12.2 Å². The highest BCUT2D eigenvalue weighted by Crippen LogP contribution is 2.35. The zero-order valence-electron chi connectivity index (χ0n) is 13.8. The third-order valence-electron chi connectivity index (χ3n) is 3.98. The van der Waals surface area contributed by atoms with Crippen molar-refractivity contribution in [2.24, 2.45) is 0 Å². The van der Waals surface area contributed by atoms with Gasteiger partial charge >= 0.3 is 0 Å². The van der Waals surface area contributed by atoms with Crippen LogP contribution in [0.3, 0.4) is 0 Å². The maximum atomic E-state index is 13.7. The summed E-state index contributed by atoms with van der Waals surface area (Å²) in [5.74, 6) is -1.93. The first kappa shape index (κ1) is 18.2. The highest BCUT2D eigenvalue weighted by Gasteiger charge is 2.30. The molecule has 3 rings (SSSR count). The molecule has 4 nitrogen and oxygen atoms in total. The number of nitrogens with zero attached hydrogens (tertiary/aromatic N) is 1. The minimum absolute atomic E-state index is 0.0250. The van der Waals surface area contributed by atoms with Crippen LogP contribution in [0.5, 0.6) is 5.75 Å². The van der Waals surface area contributed by atoms with E-state index in [2.05, 4.69) is 5.43 Å². The molecular formula is C18H15F3N2O2S. The normalized spacial score (nSPS) is 15.6. The predicted molar refractivity (Wildman–Crippen MR) is 93.0 cm³/mol. The quantitative estimate of drug-likeness (QED) is 0.638. The van der Waals surface area contributed by atoms with E-state index in [4.69, 9.17) is 17.0 Å². The molecule has 0 aliphatic carbocycles. The monoisotopic (exact) mass is 380 g/mol. The summed E-state index contributed by atoms with van der Waals surface area (Å²) in [7, 11) is 0. The van der Waals surface area contributed by atoms with Crippen LogP contribution >= 0.6 is 12.2 Å². The van der Waals surface area contributed by atoms with Crippen molar-refractivity contribution in [1.82, 2.24) is 10.4 Å². The summed E-state index contributed by atoms with van der Waals surface area (Å²) in [6.45, 7) is 1.65. The molecular weight excluding hydrogens is 365 g/mol. The number of rotatable bonds is 2. The zero-order valence-corrected chi connectivity index (χ0v) is 14.6. The molecule has 1 unspecified atom stereocenters. The first-order valence-corrected chi connectivity index (χ1v) is 8.25. The van der Waals surface area contributed by atoms with Crippen molar-refractivity contribution in [3.05, 3.63) is 65.0 Å². The van der Waals surface area contributed by atoms with E-state index in [0.717, 1.165) is 18.2 Å². The average Bonchev–Trinajstić information content (AvgIpc) is 2.58. The number of carbonyl (C=O) groups is 1. The minimum Gasteiger partial charge on any atom is -0.493 e. The molecule has 1 aliphatic rings. The van der Waals surface area contributed by atoms with E-state index < -0.39 is 23.5 Å². The van der Waals surface area contributed by atoms with Gasteiger partial charge in [0.25, 0.3) is 0 Å². The van der Waals surface area contributed by atoms with Crippen LogP contribution in [-0.4, -0.2) is 22.5 Å². The molecule has 8 heteroatoms. The van der Waals surface area contributed by atoms with Crippen LogP contribution in [0, 0.1) is 17.5 Å². The first-order valence-electron chi connectivity index (χ1n) is 7.84. The van der Waals surface area contributed by atoms with Gasteiger partial charge in [0.1, 0.15) is 28.2 Å². The Labute approximate surface area is 153 Å². The Morgan fingerprint density at radius 1 is 1.15 bits per heavy atom. The van der Waals surface area contributed by atoms with Crippen LogP contribution in [0.25, 0.3) is 0 Å². The molecule has 1 heterocycles. The number of benzene rings is 2. The Balaban J connectivity index is 1.90. The van der Waals surface area contributed by atoms with Crippen molar-refractivity contribution < 1.29 is 22.7 Å². The third-order valence-corrected chi connectivity index (χ3v) is 4.30. The number of ether oxygens (including phenoxy) is 1. The number of nitrogens with one attached hydrogen (secondary N) is 1. The molecule has 26 heavy (non-hydrogen) atoms. The zero-order chi connectivity index (χ0) is 18.8. The lowest BCUT2D eigenvalue weighted by Gasteiger charge is -2.35. The highest BCUT2D eigenvalue weighted by atomic mass is 32.1. The van der Waals surface area contributed by atoms with Crippen LogP contribution in [0.15, 0.2) is 36.4 Å². The number of halogens is 3. The summed E-state index contributed by atoms with van der Waals surface area (Å²) in [5.41, 5.74) is 3.31. The number of hydrazine groups is 1. The third kappa shape index (κ3) is 3.80. The number of hydrogen-bond acceptors (Lipinski definition) is 3. The summed E-state index contributed by atoms with van der Waals surface area (Å²) in [6, 6.07) is 6.38. The van der Waals surface area contributed by atoms with Gasteiger partial charge in [-0.25, -0.2) is 18.2 Å². The molecule has 0 saturated carbocycles. The molecule has 1 aliphatic heterocycles. The molecule has 1 atom stereocenters. The van der Waals surface area contributed by atoms with Crippen molar-refractivity contribution in [1.29, 1.82) is 0 Å². The number of carbonyl (C=O) groups excluding carboxylic acids is 1. The van der Waals surface area contributed by atoms with Gasteiger partial charge in [0.05, 0.1) is 12.6 Å². The highest BCUT2D eigenvalue weighted by molar-refractivity contribution is 7.80. The minimum atomic E-state index is -0.781. The van der Waals surface area contributed by atoms with Gasteiger partial charge in [0.15, 0.2) is 0 Å². The fourth-order valence-electron chi connectivity index (χ4n) is 2.85. The molecule has 1 N–H and O–H groups in total. The van der Waals surface area contributed by atoms with Gasteiger partial charge in [-0.3, -0.25) is 10.2 Å². The number of amides is 1. The van der Waals surface area contributed by atoms with Gasteiger partial charge in [-0.15, -0.1) is 0 Å². The fraction of sp³-hybridized carbons (Fsp3) is 0.222. The number of thiocarbonyl (C=S) groups is 1. The molecule has 0 bridgehead atoms. The first-order chi connectivity index (χ1) is 12.3. The summed E-state index contributed by atoms with van der Waals surface area (Å²) in [6.07, 6.45) is 0.406. The number of fused-ring (bicyclic) bond motifs is 1. The van der Waals surface area contributed by atoms with Gasteiger partial charge in [-0.05, 0) is 30.3 Å². The SMILES string of the molecule is CC(=O)N(NC(=S)c1cc(F)cc(F)c1)C1CCOc2ccc(F)cc21. The van der Waals surface area contributed by atoms with E-state index >= 15 is 0 Å². The summed E-state index contributed by atoms with van der Waals surface area (Å²) < 4.78 is 46.0. The van der Waals surface area contributed by atoms with E-state index in [1.807, 2.05) is 0 Å².